The molecule has 0 unspecified atom stereocenters. The summed E-state index contributed by atoms with van der Waals surface area (Å²) in [5, 5.41) is 0. The molecular formula is C21H27FN4O2. The van der Waals surface area contributed by atoms with E-state index in [1.54, 1.807) is 19.1 Å². The molecule has 1 aromatic rings. The minimum atomic E-state index is -0.233. The summed E-state index contributed by atoms with van der Waals surface area (Å²) in [6.45, 7) is 6.71. The number of rotatable bonds is 3. The van der Waals surface area contributed by atoms with Crippen LogP contribution in [-0.4, -0.2) is 76.7 Å². The van der Waals surface area contributed by atoms with E-state index in [1.165, 1.54) is 12.1 Å². The van der Waals surface area contributed by atoms with Gasteiger partial charge in [0.1, 0.15) is 5.82 Å². The van der Waals surface area contributed by atoms with Crippen molar-refractivity contribution in [3.05, 3.63) is 47.5 Å². The zero-order valence-corrected chi connectivity index (χ0v) is 16.3. The van der Waals surface area contributed by atoms with E-state index in [-0.39, 0.29) is 17.5 Å². The van der Waals surface area contributed by atoms with Crippen LogP contribution in [0.5, 0.6) is 0 Å². The highest BCUT2D eigenvalue weighted by Gasteiger charge is 2.35. The van der Waals surface area contributed by atoms with Gasteiger partial charge < -0.3 is 14.7 Å². The number of carbonyl (C=O) groups is 2. The van der Waals surface area contributed by atoms with Crippen molar-refractivity contribution in [3.63, 3.8) is 0 Å². The van der Waals surface area contributed by atoms with Gasteiger partial charge in [-0.1, -0.05) is 12.1 Å². The van der Waals surface area contributed by atoms with Gasteiger partial charge in [-0.3, -0.25) is 14.5 Å². The van der Waals surface area contributed by atoms with Crippen LogP contribution in [0.1, 0.15) is 25.3 Å². The average Bonchev–Trinajstić information content (AvgIpc) is 2.70. The maximum Gasteiger partial charge on any atom is 0.219 e. The first kappa shape index (κ1) is 18.9. The third-order valence-corrected chi connectivity index (χ3v) is 6.01. The Bertz CT molecular complexity index is 771. The number of hydrogen-bond donors (Lipinski definition) is 0. The highest BCUT2D eigenvalue weighted by molar-refractivity contribution is 5.97. The van der Waals surface area contributed by atoms with Gasteiger partial charge in [0, 0.05) is 51.9 Å². The standard InChI is InChI=1S/C21H27FN4O2/c1-16(27)24-8-6-19(7-9-24)26-14-21(28)20-13-23(10-11-25(20)15-26)12-17-2-4-18(22)5-3-17/h2-5,13,19H,6-12,14-15H2,1H3. The van der Waals surface area contributed by atoms with E-state index in [9.17, 15) is 14.0 Å². The summed E-state index contributed by atoms with van der Waals surface area (Å²) in [7, 11) is 0. The maximum atomic E-state index is 13.1. The van der Waals surface area contributed by atoms with Crippen LogP contribution in [0.25, 0.3) is 0 Å². The number of ketones is 1. The van der Waals surface area contributed by atoms with Gasteiger partial charge in [-0.15, -0.1) is 0 Å². The summed E-state index contributed by atoms with van der Waals surface area (Å²) in [4.78, 5) is 32.8. The Morgan fingerprint density at radius 3 is 2.50 bits per heavy atom. The molecule has 150 valence electrons. The fourth-order valence-corrected chi connectivity index (χ4v) is 4.36. The number of halogens is 1. The minimum Gasteiger partial charge on any atom is -0.369 e. The van der Waals surface area contributed by atoms with E-state index in [0.29, 0.717) is 19.1 Å². The summed E-state index contributed by atoms with van der Waals surface area (Å²) < 4.78 is 13.1. The molecule has 0 N–H and O–H groups in total. The third-order valence-electron chi connectivity index (χ3n) is 6.01. The van der Waals surface area contributed by atoms with E-state index in [2.05, 4.69) is 14.7 Å². The van der Waals surface area contributed by atoms with Gasteiger partial charge in [-0.25, -0.2) is 4.39 Å². The lowest BCUT2D eigenvalue weighted by atomic mass is 10.0. The van der Waals surface area contributed by atoms with Crippen molar-refractivity contribution in [2.24, 2.45) is 0 Å². The molecule has 3 aliphatic heterocycles. The number of amides is 1. The molecule has 3 heterocycles. The van der Waals surface area contributed by atoms with Crippen molar-refractivity contribution in [2.45, 2.75) is 32.4 Å². The van der Waals surface area contributed by atoms with Crippen LogP contribution in [0.4, 0.5) is 4.39 Å². The number of hydrogen-bond acceptors (Lipinski definition) is 5. The first-order valence-corrected chi connectivity index (χ1v) is 9.97. The Hall–Kier alpha value is -2.41. The molecular weight excluding hydrogens is 359 g/mol. The molecule has 0 aliphatic carbocycles. The largest absolute Gasteiger partial charge is 0.369 e. The molecule has 2 fully saturated rings. The van der Waals surface area contributed by atoms with Crippen LogP contribution in [0, 0.1) is 5.82 Å². The summed E-state index contributed by atoms with van der Waals surface area (Å²) in [6.07, 6.45) is 3.82. The number of piperidine rings is 1. The minimum absolute atomic E-state index is 0.135. The zero-order chi connectivity index (χ0) is 19.7. The molecule has 7 heteroatoms. The van der Waals surface area contributed by atoms with Gasteiger partial charge in [0.2, 0.25) is 5.91 Å². The molecule has 0 aromatic heterocycles. The molecule has 0 radical (unpaired) electrons. The Morgan fingerprint density at radius 2 is 1.82 bits per heavy atom. The number of Topliss-reactive ketones (excluding diaryl/α,β-unsaturated/α-hetero) is 1. The molecule has 0 bridgehead atoms. The van der Waals surface area contributed by atoms with E-state index in [0.717, 1.165) is 56.9 Å². The molecule has 2 saturated heterocycles. The molecule has 0 atom stereocenters. The normalized spacial score (nSPS) is 21.6. The second-order valence-electron chi connectivity index (χ2n) is 7.92. The number of benzene rings is 1. The summed E-state index contributed by atoms with van der Waals surface area (Å²) >= 11 is 0. The number of nitrogens with zero attached hydrogens (tertiary/aromatic N) is 4. The predicted molar refractivity (Wildman–Crippen MR) is 103 cm³/mol. The molecule has 0 spiro atoms. The second-order valence-corrected chi connectivity index (χ2v) is 7.92. The van der Waals surface area contributed by atoms with Crippen molar-refractivity contribution in [1.29, 1.82) is 0 Å². The van der Waals surface area contributed by atoms with Gasteiger partial charge in [0.05, 0.1) is 18.9 Å². The molecule has 3 aliphatic rings. The zero-order valence-electron chi connectivity index (χ0n) is 16.3. The first-order chi connectivity index (χ1) is 13.5. The highest BCUT2D eigenvalue weighted by atomic mass is 19.1. The van der Waals surface area contributed by atoms with Crippen LogP contribution in [0.15, 0.2) is 36.2 Å². The van der Waals surface area contributed by atoms with Crippen LogP contribution in [0.3, 0.4) is 0 Å². The van der Waals surface area contributed by atoms with Gasteiger partial charge in [-0.2, -0.15) is 0 Å². The Balaban J connectivity index is 1.37. The van der Waals surface area contributed by atoms with Crippen molar-refractivity contribution < 1.29 is 14.0 Å². The first-order valence-electron chi connectivity index (χ1n) is 9.97. The number of carbonyl (C=O) groups excluding carboxylic acids is 2. The van der Waals surface area contributed by atoms with Crippen molar-refractivity contribution >= 4 is 11.7 Å². The van der Waals surface area contributed by atoms with Crippen LogP contribution < -0.4 is 0 Å². The molecule has 6 nitrogen and oxygen atoms in total. The summed E-state index contributed by atoms with van der Waals surface area (Å²) in [5.41, 5.74) is 1.82. The summed E-state index contributed by atoms with van der Waals surface area (Å²) in [5.74, 6) is 0.0586. The van der Waals surface area contributed by atoms with E-state index >= 15 is 0 Å². The molecule has 1 amide bonds. The van der Waals surface area contributed by atoms with Crippen molar-refractivity contribution in [1.82, 2.24) is 19.6 Å². The second kappa shape index (κ2) is 7.91. The van der Waals surface area contributed by atoms with Crippen LogP contribution in [0.2, 0.25) is 0 Å². The lowest BCUT2D eigenvalue weighted by Gasteiger charge is -2.46. The van der Waals surface area contributed by atoms with Crippen LogP contribution in [-0.2, 0) is 16.1 Å². The SMILES string of the molecule is CC(=O)N1CCC(N2CC(=O)C3=CN(Cc4ccc(F)cc4)CCN3C2)CC1. The van der Waals surface area contributed by atoms with Gasteiger partial charge in [0.15, 0.2) is 5.78 Å². The number of likely N-dealkylation sites (tertiary alicyclic amines) is 1. The topological polar surface area (TPSA) is 47.1 Å². The number of fused-ring (bicyclic) bond motifs is 1. The lowest BCUT2D eigenvalue weighted by Crippen LogP contribution is -2.57. The smallest absolute Gasteiger partial charge is 0.219 e. The van der Waals surface area contributed by atoms with Crippen molar-refractivity contribution in [2.75, 3.05) is 39.4 Å². The molecule has 0 saturated carbocycles. The fourth-order valence-electron chi connectivity index (χ4n) is 4.36. The summed E-state index contributed by atoms with van der Waals surface area (Å²) in [6, 6.07) is 6.88. The Morgan fingerprint density at radius 1 is 1.11 bits per heavy atom. The predicted octanol–water partition coefficient (Wildman–Crippen LogP) is 1.64. The monoisotopic (exact) mass is 386 g/mol. The van der Waals surface area contributed by atoms with Crippen molar-refractivity contribution in [3.8, 4) is 0 Å². The van der Waals surface area contributed by atoms with Gasteiger partial charge in [-0.05, 0) is 30.5 Å². The Labute approximate surface area is 165 Å². The molecule has 28 heavy (non-hydrogen) atoms. The fraction of sp³-hybridized carbons (Fsp3) is 0.524. The van der Waals surface area contributed by atoms with E-state index in [4.69, 9.17) is 0 Å². The quantitative estimate of drug-likeness (QED) is 0.790. The van der Waals surface area contributed by atoms with Gasteiger partial charge >= 0.3 is 0 Å². The van der Waals surface area contributed by atoms with Crippen LogP contribution >= 0.6 is 0 Å². The van der Waals surface area contributed by atoms with E-state index < -0.39 is 0 Å². The lowest BCUT2D eigenvalue weighted by molar-refractivity contribution is -0.132. The maximum absolute atomic E-state index is 13.1. The Kier molecular flexibility index (Phi) is 5.35. The molecule has 4 rings (SSSR count). The third kappa shape index (κ3) is 4.04. The molecule has 1 aromatic carbocycles. The van der Waals surface area contributed by atoms with Gasteiger partial charge in [0.25, 0.3) is 0 Å². The van der Waals surface area contributed by atoms with E-state index in [1.807, 2.05) is 11.1 Å². The highest BCUT2D eigenvalue weighted by Crippen LogP contribution is 2.25. The average molecular weight is 386 g/mol.